The molecule has 2 unspecified atom stereocenters. The molecular formula is C11H17N3O3. The van der Waals surface area contributed by atoms with E-state index in [0.717, 1.165) is 0 Å². The van der Waals surface area contributed by atoms with E-state index in [0.29, 0.717) is 17.1 Å². The molecule has 0 aliphatic heterocycles. The Kier molecular flexibility index (Phi) is 4.42. The Labute approximate surface area is 99.5 Å². The van der Waals surface area contributed by atoms with Gasteiger partial charge in [0.05, 0.1) is 0 Å². The van der Waals surface area contributed by atoms with Crippen molar-refractivity contribution in [3.63, 3.8) is 0 Å². The molecule has 5 N–H and O–H groups in total. The van der Waals surface area contributed by atoms with E-state index in [1.54, 1.807) is 19.1 Å². The van der Waals surface area contributed by atoms with Crippen molar-refractivity contribution in [2.24, 2.45) is 0 Å². The third kappa shape index (κ3) is 3.69. The number of anilines is 1. The minimum absolute atomic E-state index is 0.0136. The maximum absolute atomic E-state index is 10.7. The molecule has 94 valence electrons. The number of nitrogens with zero attached hydrogens (tertiary/aromatic N) is 1. The van der Waals surface area contributed by atoms with Crippen LogP contribution >= 0.6 is 0 Å². The standard InChI is InChI=1S/C11H17N3O3/c1-6-8(3-4-10(12)14-6)11(17)9(16)5-13-7(2)15/h3-4,9,11,16-17H,5H2,1-2H3,(H2,12,14)(H,13,15). The summed E-state index contributed by atoms with van der Waals surface area (Å²) in [6.07, 6.45) is -2.18. The monoisotopic (exact) mass is 239 g/mol. The Morgan fingerprint density at radius 3 is 2.71 bits per heavy atom. The Bertz CT molecular complexity index is 409. The van der Waals surface area contributed by atoms with Crippen LogP contribution in [0.2, 0.25) is 0 Å². The molecule has 17 heavy (non-hydrogen) atoms. The molecule has 0 spiro atoms. The first kappa shape index (κ1) is 13.4. The lowest BCUT2D eigenvalue weighted by atomic mass is 10.0. The second-order valence-electron chi connectivity index (χ2n) is 3.86. The topological polar surface area (TPSA) is 108 Å². The summed E-state index contributed by atoms with van der Waals surface area (Å²) in [4.78, 5) is 14.7. The van der Waals surface area contributed by atoms with Crippen molar-refractivity contribution in [3.8, 4) is 0 Å². The van der Waals surface area contributed by atoms with Crippen molar-refractivity contribution in [2.45, 2.75) is 26.1 Å². The smallest absolute Gasteiger partial charge is 0.216 e. The zero-order valence-electron chi connectivity index (χ0n) is 9.84. The summed E-state index contributed by atoms with van der Waals surface area (Å²) < 4.78 is 0. The van der Waals surface area contributed by atoms with Gasteiger partial charge in [0.2, 0.25) is 5.91 Å². The van der Waals surface area contributed by atoms with Crippen LogP contribution < -0.4 is 11.1 Å². The first-order chi connectivity index (χ1) is 7.91. The zero-order valence-corrected chi connectivity index (χ0v) is 9.84. The van der Waals surface area contributed by atoms with E-state index in [2.05, 4.69) is 10.3 Å². The van der Waals surface area contributed by atoms with Crippen LogP contribution in [0.3, 0.4) is 0 Å². The summed E-state index contributed by atoms with van der Waals surface area (Å²) in [5.41, 5.74) is 6.54. The minimum atomic E-state index is -1.10. The van der Waals surface area contributed by atoms with Crippen molar-refractivity contribution < 1.29 is 15.0 Å². The highest BCUT2D eigenvalue weighted by Gasteiger charge is 2.20. The van der Waals surface area contributed by atoms with E-state index in [4.69, 9.17) is 5.73 Å². The quantitative estimate of drug-likeness (QED) is 0.566. The number of aliphatic hydroxyl groups excluding tert-OH is 2. The highest BCUT2D eigenvalue weighted by molar-refractivity contribution is 5.72. The normalized spacial score (nSPS) is 14.1. The van der Waals surface area contributed by atoms with Gasteiger partial charge in [-0.2, -0.15) is 0 Å². The van der Waals surface area contributed by atoms with Gasteiger partial charge in [0, 0.05) is 24.7 Å². The van der Waals surface area contributed by atoms with Gasteiger partial charge in [0.15, 0.2) is 0 Å². The van der Waals surface area contributed by atoms with Gasteiger partial charge in [-0.3, -0.25) is 4.79 Å². The highest BCUT2D eigenvalue weighted by atomic mass is 16.3. The Morgan fingerprint density at radius 1 is 1.53 bits per heavy atom. The summed E-state index contributed by atoms with van der Waals surface area (Å²) in [7, 11) is 0. The number of nitrogens with two attached hydrogens (primary N) is 1. The van der Waals surface area contributed by atoms with Gasteiger partial charge < -0.3 is 21.3 Å². The molecule has 0 bridgehead atoms. The number of carbonyl (C=O) groups is 1. The summed E-state index contributed by atoms with van der Waals surface area (Å²) in [6, 6.07) is 3.16. The number of hydrogen-bond donors (Lipinski definition) is 4. The van der Waals surface area contributed by atoms with E-state index in [9.17, 15) is 15.0 Å². The van der Waals surface area contributed by atoms with Crippen molar-refractivity contribution in [3.05, 3.63) is 23.4 Å². The summed E-state index contributed by atoms with van der Waals surface area (Å²) >= 11 is 0. The van der Waals surface area contributed by atoms with Gasteiger partial charge >= 0.3 is 0 Å². The SMILES string of the molecule is CC(=O)NCC(O)C(O)c1ccc(N)nc1C. The highest BCUT2D eigenvalue weighted by Crippen LogP contribution is 2.20. The molecule has 0 aromatic carbocycles. The van der Waals surface area contributed by atoms with Crippen molar-refractivity contribution >= 4 is 11.7 Å². The molecular weight excluding hydrogens is 222 g/mol. The number of amides is 1. The lowest BCUT2D eigenvalue weighted by molar-refractivity contribution is -0.119. The minimum Gasteiger partial charge on any atom is -0.388 e. The summed E-state index contributed by atoms with van der Waals surface area (Å²) in [5, 5.41) is 22.0. The number of rotatable bonds is 4. The molecule has 1 amide bonds. The van der Waals surface area contributed by atoms with Gasteiger partial charge in [-0.15, -0.1) is 0 Å². The number of aromatic nitrogens is 1. The predicted molar refractivity (Wildman–Crippen MR) is 63.0 cm³/mol. The Balaban J connectivity index is 2.74. The third-order valence-corrected chi connectivity index (χ3v) is 2.39. The van der Waals surface area contributed by atoms with E-state index in [-0.39, 0.29) is 12.5 Å². The first-order valence-electron chi connectivity index (χ1n) is 5.25. The van der Waals surface area contributed by atoms with Crippen LogP contribution in [-0.4, -0.2) is 33.8 Å². The molecule has 1 aromatic rings. The average molecular weight is 239 g/mol. The molecule has 0 saturated carbocycles. The predicted octanol–water partition coefficient (Wildman–Crippen LogP) is -0.497. The molecule has 6 nitrogen and oxygen atoms in total. The van der Waals surface area contributed by atoms with Gasteiger partial charge in [-0.05, 0) is 13.0 Å². The maximum atomic E-state index is 10.7. The zero-order chi connectivity index (χ0) is 13.0. The van der Waals surface area contributed by atoms with E-state index in [1.165, 1.54) is 6.92 Å². The van der Waals surface area contributed by atoms with Crippen LogP contribution in [0.1, 0.15) is 24.3 Å². The van der Waals surface area contributed by atoms with E-state index >= 15 is 0 Å². The van der Waals surface area contributed by atoms with Crippen molar-refractivity contribution in [1.82, 2.24) is 10.3 Å². The third-order valence-electron chi connectivity index (χ3n) is 2.39. The fourth-order valence-corrected chi connectivity index (χ4v) is 1.47. The fraction of sp³-hybridized carbons (Fsp3) is 0.455. The van der Waals surface area contributed by atoms with Crippen molar-refractivity contribution in [1.29, 1.82) is 0 Å². The maximum Gasteiger partial charge on any atom is 0.216 e. The van der Waals surface area contributed by atoms with Gasteiger partial charge in [0.1, 0.15) is 18.0 Å². The molecule has 0 radical (unpaired) electrons. The van der Waals surface area contributed by atoms with Gasteiger partial charge in [0.25, 0.3) is 0 Å². The Morgan fingerprint density at radius 2 is 2.18 bits per heavy atom. The van der Waals surface area contributed by atoms with Crippen LogP contribution in [0.15, 0.2) is 12.1 Å². The van der Waals surface area contributed by atoms with Gasteiger partial charge in [-0.25, -0.2) is 4.98 Å². The molecule has 2 atom stereocenters. The fourth-order valence-electron chi connectivity index (χ4n) is 1.47. The molecule has 1 heterocycles. The second kappa shape index (κ2) is 5.60. The number of hydrogen-bond acceptors (Lipinski definition) is 5. The molecule has 0 saturated heterocycles. The number of carbonyl (C=O) groups excluding carboxylic acids is 1. The lowest BCUT2D eigenvalue weighted by Crippen LogP contribution is -2.34. The van der Waals surface area contributed by atoms with Crippen LogP contribution in [0.4, 0.5) is 5.82 Å². The molecule has 0 aliphatic rings. The molecule has 1 rings (SSSR count). The molecule has 0 aliphatic carbocycles. The first-order valence-corrected chi connectivity index (χ1v) is 5.25. The van der Waals surface area contributed by atoms with Crippen LogP contribution in [0.25, 0.3) is 0 Å². The van der Waals surface area contributed by atoms with Crippen molar-refractivity contribution in [2.75, 3.05) is 12.3 Å². The molecule has 6 heteroatoms. The largest absolute Gasteiger partial charge is 0.388 e. The Hall–Kier alpha value is -1.66. The van der Waals surface area contributed by atoms with Gasteiger partial charge in [-0.1, -0.05) is 6.07 Å². The van der Waals surface area contributed by atoms with Crippen LogP contribution in [0.5, 0.6) is 0 Å². The number of pyridine rings is 1. The summed E-state index contributed by atoms with van der Waals surface area (Å²) in [6.45, 7) is 3.02. The summed E-state index contributed by atoms with van der Waals surface area (Å²) in [5.74, 6) is 0.0956. The lowest BCUT2D eigenvalue weighted by Gasteiger charge is -2.19. The average Bonchev–Trinajstić information content (AvgIpc) is 2.25. The molecule has 1 aromatic heterocycles. The second-order valence-corrected chi connectivity index (χ2v) is 3.86. The van der Waals surface area contributed by atoms with E-state index < -0.39 is 12.2 Å². The van der Waals surface area contributed by atoms with E-state index in [1.807, 2.05) is 0 Å². The number of aliphatic hydroxyl groups is 2. The number of nitrogen functional groups attached to an aromatic ring is 1. The number of aryl methyl sites for hydroxylation is 1. The number of nitrogens with one attached hydrogen (secondary N) is 1. The molecule has 0 fully saturated rings. The van der Waals surface area contributed by atoms with Crippen LogP contribution in [-0.2, 0) is 4.79 Å². The van der Waals surface area contributed by atoms with Crippen LogP contribution in [0, 0.1) is 6.92 Å².